The van der Waals surface area contributed by atoms with Gasteiger partial charge >= 0.3 is 16.8 Å². The van der Waals surface area contributed by atoms with Crippen molar-refractivity contribution in [2.75, 3.05) is 5.84 Å². The zero-order valence-electron chi connectivity index (χ0n) is 8.44. The zero-order chi connectivity index (χ0) is 13.6. The van der Waals surface area contributed by atoms with E-state index in [-0.39, 0.29) is 21.1 Å². The molecule has 2 aromatic rings. The molecule has 0 aliphatic rings. The third-order valence-corrected chi connectivity index (χ3v) is 3.05. The fourth-order valence-electron chi connectivity index (χ4n) is 1.47. The van der Waals surface area contributed by atoms with Crippen LogP contribution in [0.15, 0.2) is 15.7 Å². The Hall–Kier alpha value is -2.06. The predicted octanol–water partition coefficient (Wildman–Crippen LogP) is 0.619. The summed E-state index contributed by atoms with van der Waals surface area (Å²) in [5.74, 6) is 5.37. The first kappa shape index (κ1) is 12.4. The number of halogens is 2. The van der Waals surface area contributed by atoms with Gasteiger partial charge in [-0.1, -0.05) is 23.2 Å². The molecule has 0 aliphatic heterocycles. The summed E-state index contributed by atoms with van der Waals surface area (Å²) in [6, 6.07) is 1.16. The standard InChI is InChI=1S/C8H4Cl2N4O4/c9-2-1-3-5(6(4(2)10)14(17)18)12-7(15)8(16)13(3)11/h1H,11H2,(H,12,15). The van der Waals surface area contributed by atoms with Gasteiger partial charge in [0.15, 0.2) is 0 Å². The van der Waals surface area contributed by atoms with Gasteiger partial charge in [0.1, 0.15) is 10.5 Å². The number of hydrogen-bond acceptors (Lipinski definition) is 5. The molecule has 0 amide bonds. The van der Waals surface area contributed by atoms with Crippen molar-refractivity contribution in [2.24, 2.45) is 0 Å². The molecule has 94 valence electrons. The number of hydrogen-bond donors (Lipinski definition) is 2. The molecule has 1 heterocycles. The summed E-state index contributed by atoms with van der Waals surface area (Å²) in [6.45, 7) is 0. The van der Waals surface area contributed by atoms with Gasteiger partial charge in [-0.3, -0.25) is 19.7 Å². The molecule has 10 heteroatoms. The molecule has 1 aromatic carbocycles. The third-order valence-electron chi connectivity index (χ3n) is 2.27. The van der Waals surface area contributed by atoms with Crippen molar-refractivity contribution in [1.82, 2.24) is 9.66 Å². The number of nitrogen functional groups attached to an aromatic ring is 1. The monoisotopic (exact) mass is 290 g/mol. The summed E-state index contributed by atoms with van der Waals surface area (Å²) < 4.78 is 0.476. The average molecular weight is 291 g/mol. The van der Waals surface area contributed by atoms with Crippen LogP contribution in [0.2, 0.25) is 10.0 Å². The highest BCUT2D eigenvalue weighted by Gasteiger charge is 2.23. The summed E-state index contributed by atoms with van der Waals surface area (Å²) in [5, 5.41) is 10.4. The van der Waals surface area contributed by atoms with E-state index >= 15 is 0 Å². The number of H-pyrrole nitrogens is 1. The number of nitrogens with two attached hydrogens (primary N) is 1. The maximum absolute atomic E-state index is 11.3. The van der Waals surface area contributed by atoms with E-state index in [2.05, 4.69) is 4.98 Å². The first-order chi connectivity index (χ1) is 8.34. The minimum atomic E-state index is -1.09. The van der Waals surface area contributed by atoms with E-state index in [0.717, 1.165) is 6.07 Å². The number of nitrogens with zero attached hydrogens (tertiary/aromatic N) is 2. The highest BCUT2D eigenvalue weighted by molar-refractivity contribution is 6.44. The van der Waals surface area contributed by atoms with Crippen LogP contribution in [-0.4, -0.2) is 14.6 Å². The second kappa shape index (κ2) is 4.00. The molecule has 0 saturated carbocycles. The van der Waals surface area contributed by atoms with Crippen molar-refractivity contribution < 1.29 is 4.92 Å². The van der Waals surface area contributed by atoms with Crippen molar-refractivity contribution in [3.8, 4) is 0 Å². The zero-order valence-corrected chi connectivity index (χ0v) is 9.95. The number of benzene rings is 1. The van der Waals surface area contributed by atoms with E-state index in [1.54, 1.807) is 0 Å². The van der Waals surface area contributed by atoms with E-state index in [9.17, 15) is 19.7 Å². The summed E-state index contributed by atoms with van der Waals surface area (Å²) in [4.78, 5) is 34.7. The Morgan fingerprint density at radius 3 is 2.56 bits per heavy atom. The third kappa shape index (κ3) is 1.62. The van der Waals surface area contributed by atoms with Crippen LogP contribution in [0.25, 0.3) is 11.0 Å². The molecular formula is C8H4Cl2N4O4. The molecule has 0 saturated heterocycles. The Labute approximate surface area is 108 Å². The van der Waals surface area contributed by atoms with Crippen LogP contribution in [0.1, 0.15) is 0 Å². The average Bonchev–Trinajstić information content (AvgIpc) is 2.29. The Morgan fingerprint density at radius 1 is 1.39 bits per heavy atom. The van der Waals surface area contributed by atoms with Crippen molar-refractivity contribution in [3.05, 3.63) is 46.9 Å². The lowest BCUT2D eigenvalue weighted by molar-refractivity contribution is -0.383. The van der Waals surface area contributed by atoms with E-state index in [1.807, 2.05) is 0 Å². The lowest BCUT2D eigenvalue weighted by atomic mass is 10.2. The first-order valence-electron chi connectivity index (χ1n) is 4.41. The maximum Gasteiger partial charge on any atom is 0.334 e. The highest BCUT2D eigenvalue weighted by Crippen LogP contribution is 2.36. The molecule has 8 nitrogen and oxygen atoms in total. The van der Waals surface area contributed by atoms with Crippen molar-refractivity contribution in [1.29, 1.82) is 0 Å². The van der Waals surface area contributed by atoms with Gasteiger partial charge in [0.25, 0.3) is 0 Å². The minimum Gasteiger partial charge on any atom is -0.336 e. The number of nitro groups is 1. The van der Waals surface area contributed by atoms with Crippen molar-refractivity contribution in [3.63, 3.8) is 0 Å². The molecule has 2 rings (SSSR count). The molecule has 0 unspecified atom stereocenters. The lowest BCUT2D eigenvalue weighted by Gasteiger charge is -2.06. The number of nitro benzene ring substituents is 1. The first-order valence-corrected chi connectivity index (χ1v) is 5.16. The Morgan fingerprint density at radius 2 is 2.00 bits per heavy atom. The molecule has 0 fully saturated rings. The molecule has 1 aromatic heterocycles. The molecule has 0 radical (unpaired) electrons. The van der Waals surface area contributed by atoms with E-state index in [4.69, 9.17) is 29.0 Å². The van der Waals surface area contributed by atoms with Crippen molar-refractivity contribution in [2.45, 2.75) is 0 Å². The molecular weight excluding hydrogens is 287 g/mol. The molecule has 0 spiro atoms. The largest absolute Gasteiger partial charge is 0.336 e. The Balaban J connectivity index is 3.17. The van der Waals surface area contributed by atoms with Crippen LogP contribution < -0.4 is 17.0 Å². The van der Waals surface area contributed by atoms with Gasteiger partial charge in [-0.25, -0.2) is 4.68 Å². The Kier molecular flexibility index (Phi) is 2.76. The van der Waals surface area contributed by atoms with Crippen LogP contribution in [0.3, 0.4) is 0 Å². The van der Waals surface area contributed by atoms with Crippen LogP contribution in [0.4, 0.5) is 5.69 Å². The van der Waals surface area contributed by atoms with Gasteiger partial charge < -0.3 is 10.8 Å². The molecule has 18 heavy (non-hydrogen) atoms. The fraction of sp³-hybridized carbons (Fsp3) is 0. The van der Waals surface area contributed by atoms with Gasteiger partial charge in [0, 0.05) is 0 Å². The van der Waals surface area contributed by atoms with Crippen LogP contribution >= 0.6 is 23.2 Å². The maximum atomic E-state index is 11.3. The Bertz CT molecular complexity index is 794. The van der Waals surface area contributed by atoms with Gasteiger partial charge in [-0.05, 0) is 6.07 Å². The van der Waals surface area contributed by atoms with Gasteiger partial charge in [-0.15, -0.1) is 0 Å². The van der Waals surface area contributed by atoms with Gasteiger partial charge in [0.2, 0.25) is 0 Å². The van der Waals surface area contributed by atoms with E-state index in [0.29, 0.717) is 4.68 Å². The number of rotatable bonds is 1. The molecule has 0 atom stereocenters. The minimum absolute atomic E-state index is 0.0966. The van der Waals surface area contributed by atoms with E-state index < -0.39 is 21.7 Å². The normalized spacial score (nSPS) is 10.8. The van der Waals surface area contributed by atoms with Crippen LogP contribution in [0, 0.1) is 10.1 Å². The summed E-state index contributed by atoms with van der Waals surface area (Å²) in [7, 11) is 0. The number of fused-ring (bicyclic) bond motifs is 1. The van der Waals surface area contributed by atoms with Crippen molar-refractivity contribution >= 4 is 39.9 Å². The summed E-state index contributed by atoms with van der Waals surface area (Å²) in [6.07, 6.45) is 0. The molecule has 0 bridgehead atoms. The molecule has 0 aliphatic carbocycles. The molecule has 3 N–H and O–H groups in total. The van der Waals surface area contributed by atoms with Crippen LogP contribution in [-0.2, 0) is 0 Å². The van der Waals surface area contributed by atoms with Gasteiger partial charge in [0.05, 0.1) is 15.5 Å². The van der Waals surface area contributed by atoms with E-state index in [1.165, 1.54) is 0 Å². The second-order valence-corrected chi connectivity index (χ2v) is 4.09. The number of nitrogens with one attached hydrogen (secondary N) is 1. The van der Waals surface area contributed by atoms with Crippen LogP contribution in [0.5, 0.6) is 0 Å². The summed E-state index contributed by atoms with van der Waals surface area (Å²) >= 11 is 11.4. The highest BCUT2D eigenvalue weighted by atomic mass is 35.5. The quantitative estimate of drug-likeness (QED) is 0.345. The predicted molar refractivity (Wildman–Crippen MR) is 65.7 cm³/mol. The summed E-state index contributed by atoms with van der Waals surface area (Å²) in [5.41, 5.74) is -3.13. The topological polar surface area (TPSA) is 124 Å². The SMILES string of the molecule is Nn1c(=O)c(=O)[nH]c2c([N+](=O)[O-])c(Cl)c(Cl)cc21. The smallest absolute Gasteiger partial charge is 0.334 e. The second-order valence-electron chi connectivity index (χ2n) is 3.30. The fourth-order valence-corrected chi connectivity index (χ4v) is 1.88. The number of aromatic amines is 1. The van der Waals surface area contributed by atoms with Gasteiger partial charge in [-0.2, -0.15) is 0 Å². The lowest BCUT2D eigenvalue weighted by Crippen LogP contribution is -2.40. The number of aromatic nitrogens is 2.